The molecule has 4 heteroatoms. The first-order chi connectivity index (χ1) is 9.11. The van der Waals surface area contributed by atoms with Crippen LogP contribution in [0.4, 0.5) is 4.39 Å². The highest BCUT2D eigenvalue weighted by molar-refractivity contribution is 5.22. The van der Waals surface area contributed by atoms with E-state index in [4.69, 9.17) is 4.74 Å². The molecule has 108 valence electrons. The van der Waals surface area contributed by atoms with Crippen LogP contribution in [-0.2, 0) is 0 Å². The maximum atomic E-state index is 12.7. The van der Waals surface area contributed by atoms with E-state index in [9.17, 15) is 9.50 Å². The molecule has 1 aromatic rings. The van der Waals surface area contributed by atoms with E-state index in [-0.39, 0.29) is 12.4 Å². The Kier molecular flexibility index (Phi) is 7.45. The van der Waals surface area contributed by atoms with Gasteiger partial charge in [-0.1, -0.05) is 19.8 Å². The first-order valence-corrected chi connectivity index (χ1v) is 6.91. The van der Waals surface area contributed by atoms with Gasteiger partial charge in [-0.05, 0) is 37.6 Å². The van der Waals surface area contributed by atoms with E-state index in [0.29, 0.717) is 18.3 Å². The molecule has 2 N–H and O–H groups in total. The van der Waals surface area contributed by atoms with E-state index < -0.39 is 6.10 Å². The number of aliphatic hydroxyl groups excluding tert-OH is 1. The number of hydrogen-bond acceptors (Lipinski definition) is 3. The molecule has 2 unspecified atom stereocenters. The Morgan fingerprint density at radius 3 is 2.63 bits per heavy atom. The van der Waals surface area contributed by atoms with Gasteiger partial charge in [-0.15, -0.1) is 0 Å². The molecular weight excluding hydrogens is 245 g/mol. The summed E-state index contributed by atoms with van der Waals surface area (Å²) >= 11 is 0. The Balaban J connectivity index is 2.17. The van der Waals surface area contributed by atoms with Gasteiger partial charge >= 0.3 is 0 Å². The molecule has 0 bridgehead atoms. The zero-order valence-electron chi connectivity index (χ0n) is 11.7. The van der Waals surface area contributed by atoms with Crippen molar-refractivity contribution in [3.05, 3.63) is 30.1 Å². The predicted molar refractivity (Wildman–Crippen MR) is 74.9 cm³/mol. The highest BCUT2D eigenvalue weighted by Gasteiger charge is 2.07. The van der Waals surface area contributed by atoms with E-state index >= 15 is 0 Å². The Morgan fingerprint density at radius 2 is 2.00 bits per heavy atom. The van der Waals surface area contributed by atoms with E-state index in [0.717, 1.165) is 6.42 Å². The average Bonchev–Trinajstić information content (AvgIpc) is 2.42. The van der Waals surface area contributed by atoms with Crippen LogP contribution in [0.1, 0.15) is 33.1 Å². The van der Waals surface area contributed by atoms with Gasteiger partial charge in [0, 0.05) is 12.6 Å². The number of rotatable bonds is 9. The van der Waals surface area contributed by atoms with Crippen molar-refractivity contribution in [2.45, 2.75) is 45.3 Å². The summed E-state index contributed by atoms with van der Waals surface area (Å²) in [7, 11) is 0. The quantitative estimate of drug-likeness (QED) is 0.724. The fraction of sp³-hybridized carbons (Fsp3) is 0.600. The van der Waals surface area contributed by atoms with Crippen molar-refractivity contribution in [1.29, 1.82) is 0 Å². The molecule has 1 aromatic carbocycles. The van der Waals surface area contributed by atoms with Gasteiger partial charge in [0.15, 0.2) is 0 Å². The van der Waals surface area contributed by atoms with Crippen molar-refractivity contribution >= 4 is 0 Å². The second-order valence-electron chi connectivity index (χ2n) is 4.87. The molecule has 0 saturated heterocycles. The lowest BCUT2D eigenvalue weighted by Gasteiger charge is -2.17. The number of unbranched alkanes of at least 4 members (excludes halogenated alkanes) is 1. The smallest absolute Gasteiger partial charge is 0.123 e. The lowest BCUT2D eigenvalue weighted by molar-refractivity contribution is 0.104. The summed E-state index contributed by atoms with van der Waals surface area (Å²) < 4.78 is 18.1. The van der Waals surface area contributed by atoms with Crippen LogP contribution in [-0.4, -0.2) is 30.4 Å². The van der Waals surface area contributed by atoms with Gasteiger partial charge in [-0.3, -0.25) is 0 Å². The van der Waals surface area contributed by atoms with Gasteiger partial charge in [-0.2, -0.15) is 0 Å². The molecule has 0 radical (unpaired) electrons. The van der Waals surface area contributed by atoms with E-state index in [1.807, 2.05) is 0 Å². The second kappa shape index (κ2) is 8.88. The average molecular weight is 269 g/mol. The highest BCUT2D eigenvalue weighted by atomic mass is 19.1. The zero-order chi connectivity index (χ0) is 14.1. The Labute approximate surface area is 114 Å². The molecule has 19 heavy (non-hydrogen) atoms. The van der Waals surface area contributed by atoms with Crippen LogP contribution in [0.25, 0.3) is 0 Å². The molecule has 2 atom stereocenters. The minimum atomic E-state index is -0.561. The molecular formula is C15H24FNO2. The number of halogens is 1. The van der Waals surface area contributed by atoms with Gasteiger partial charge in [-0.25, -0.2) is 4.39 Å². The van der Waals surface area contributed by atoms with Crippen molar-refractivity contribution in [2.75, 3.05) is 13.2 Å². The molecule has 1 rings (SSSR count). The largest absolute Gasteiger partial charge is 0.491 e. The molecule has 0 heterocycles. The molecule has 0 saturated carbocycles. The van der Waals surface area contributed by atoms with Gasteiger partial charge in [0.05, 0.1) is 0 Å². The molecule has 0 aliphatic carbocycles. The minimum Gasteiger partial charge on any atom is -0.491 e. The summed E-state index contributed by atoms with van der Waals surface area (Å²) in [6.07, 6.45) is 2.93. The van der Waals surface area contributed by atoms with Crippen molar-refractivity contribution < 1.29 is 14.2 Å². The third-order valence-corrected chi connectivity index (χ3v) is 2.95. The van der Waals surface area contributed by atoms with Crippen molar-refractivity contribution in [2.24, 2.45) is 0 Å². The first-order valence-electron chi connectivity index (χ1n) is 6.91. The van der Waals surface area contributed by atoms with Gasteiger partial charge in [0.1, 0.15) is 24.3 Å². The Hall–Kier alpha value is -1.13. The summed E-state index contributed by atoms with van der Waals surface area (Å²) in [5.74, 6) is 0.277. The Bertz CT molecular complexity index is 343. The number of ether oxygens (including phenoxy) is 1. The van der Waals surface area contributed by atoms with E-state index in [1.165, 1.54) is 25.0 Å². The monoisotopic (exact) mass is 269 g/mol. The molecule has 0 spiro atoms. The highest BCUT2D eigenvalue weighted by Crippen LogP contribution is 2.11. The number of nitrogens with one attached hydrogen (secondary N) is 1. The van der Waals surface area contributed by atoms with E-state index in [2.05, 4.69) is 19.2 Å². The standard InChI is InChI=1S/C15H24FNO2/c1-3-4-5-12(2)17-10-14(18)11-19-15-8-6-13(16)7-9-15/h6-9,12,14,17-18H,3-5,10-11H2,1-2H3. The summed E-state index contributed by atoms with van der Waals surface area (Å²) in [6.45, 7) is 4.99. The van der Waals surface area contributed by atoms with Crippen molar-refractivity contribution in [3.63, 3.8) is 0 Å². The van der Waals surface area contributed by atoms with Gasteiger partial charge < -0.3 is 15.2 Å². The molecule has 0 fully saturated rings. The third kappa shape index (κ3) is 7.13. The molecule has 0 amide bonds. The van der Waals surface area contributed by atoms with Crippen LogP contribution in [0.3, 0.4) is 0 Å². The molecule has 3 nitrogen and oxygen atoms in total. The number of hydrogen-bond donors (Lipinski definition) is 2. The fourth-order valence-electron chi connectivity index (χ4n) is 1.73. The van der Waals surface area contributed by atoms with Gasteiger partial charge in [0.2, 0.25) is 0 Å². The second-order valence-corrected chi connectivity index (χ2v) is 4.87. The van der Waals surface area contributed by atoms with Gasteiger partial charge in [0.25, 0.3) is 0 Å². The molecule has 0 aliphatic rings. The lowest BCUT2D eigenvalue weighted by atomic mass is 10.1. The maximum Gasteiger partial charge on any atom is 0.123 e. The summed E-state index contributed by atoms with van der Waals surface area (Å²) in [6, 6.07) is 6.19. The predicted octanol–water partition coefficient (Wildman–Crippen LogP) is 2.73. The van der Waals surface area contributed by atoms with Crippen LogP contribution >= 0.6 is 0 Å². The minimum absolute atomic E-state index is 0.207. The Morgan fingerprint density at radius 1 is 1.32 bits per heavy atom. The normalized spacial score (nSPS) is 14.1. The summed E-state index contributed by atoms with van der Waals surface area (Å²) in [4.78, 5) is 0. The van der Waals surface area contributed by atoms with Crippen LogP contribution in [0.5, 0.6) is 5.75 Å². The van der Waals surface area contributed by atoms with Crippen molar-refractivity contribution in [1.82, 2.24) is 5.32 Å². The fourth-order valence-corrected chi connectivity index (χ4v) is 1.73. The summed E-state index contributed by atoms with van der Waals surface area (Å²) in [5, 5.41) is 13.1. The summed E-state index contributed by atoms with van der Waals surface area (Å²) in [5.41, 5.74) is 0. The van der Waals surface area contributed by atoms with Crippen LogP contribution in [0, 0.1) is 5.82 Å². The maximum absolute atomic E-state index is 12.7. The first kappa shape index (κ1) is 15.9. The third-order valence-electron chi connectivity index (χ3n) is 2.95. The number of benzene rings is 1. The SMILES string of the molecule is CCCCC(C)NCC(O)COc1ccc(F)cc1. The van der Waals surface area contributed by atoms with Crippen LogP contribution in [0.15, 0.2) is 24.3 Å². The topological polar surface area (TPSA) is 41.5 Å². The van der Waals surface area contributed by atoms with Crippen LogP contribution in [0.2, 0.25) is 0 Å². The molecule has 0 aromatic heterocycles. The lowest BCUT2D eigenvalue weighted by Crippen LogP contribution is -2.36. The van der Waals surface area contributed by atoms with E-state index in [1.54, 1.807) is 12.1 Å². The van der Waals surface area contributed by atoms with Crippen molar-refractivity contribution in [3.8, 4) is 5.75 Å². The zero-order valence-corrected chi connectivity index (χ0v) is 11.7. The van der Waals surface area contributed by atoms with Crippen LogP contribution < -0.4 is 10.1 Å². The molecule has 0 aliphatic heterocycles. The number of aliphatic hydroxyl groups is 1.